The van der Waals surface area contributed by atoms with Gasteiger partial charge in [-0.1, -0.05) is 12.8 Å². The number of nitrogens with zero attached hydrogens (tertiary/aromatic N) is 3. The summed E-state index contributed by atoms with van der Waals surface area (Å²) in [4.78, 5) is 32.1. The molecular formula is C20H23N7O2. The van der Waals surface area contributed by atoms with Gasteiger partial charge in [0.25, 0.3) is 5.91 Å². The molecule has 2 amide bonds. The molecule has 0 saturated heterocycles. The van der Waals surface area contributed by atoms with E-state index in [4.69, 9.17) is 11.5 Å². The highest BCUT2D eigenvalue weighted by Gasteiger charge is 2.28. The Labute approximate surface area is 167 Å². The molecule has 1 fully saturated rings. The van der Waals surface area contributed by atoms with Gasteiger partial charge >= 0.3 is 0 Å². The van der Waals surface area contributed by atoms with E-state index in [0.717, 1.165) is 29.4 Å². The zero-order valence-corrected chi connectivity index (χ0v) is 16.1. The maximum absolute atomic E-state index is 11.8. The summed E-state index contributed by atoms with van der Waals surface area (Å²) in [6.07, 6.45) is 6.22. The Morgan fingerprint density at radius 3 is 2.76 bits per heavy atom. The largest absolute Gasteiger partial charge is 0.368 e. The normalized spacial score (nSPS) is 14.5. The Kier molecular flexibility index (Phi) is 4.79. The van der Waals surface area contributed by atoms with E-state index in [9.17, 15) is 9.59 Å². The summed E-state index contributed by atoms with van der Waals surface area (Å²) in [6, 6.07) is 7.25. The molecule has 29 heavy (non-hydrogen) atoms. The molecule has 3 aromatic rings. The van der Waals surface area contributed by atoms with Crippen molar-refractivity contribution < 1.29 is 9.59 Å². The van der Waals surface area contributed by atoms with Crippen LogP contribution in [0.2, 0.25) is 0 Å². The van der Waals surface area contributed by atoms with Crippen molar-refractivity contribution in [3.8, 4) is 0 Å². The lowest BCUT2D eigenvalue weighted by Gasteiger charge is -2.17. The van der Waals surface area contributed by atoms with Crippen molar-refractivity contribution >= 4 is 40.0 Å². The van der Waals surface area contributed by atoms with E-state index in [-0.39, 0.29) is 11.5 Å². The molecule has 1 aromatic carbocycles. The Hall–Kier alpha value is -3.62. The number of carbonyl (C=O) groups excluding carboxylic acids is 2. The Balaban J connectivity index is 1.61. The Bertz CT molecular complexity index is 1090. The van der Waals surface area contributed by atoms with Gasteiger partial charge in [0.2, 0.25) is 5.91 Å². The van der Waals surface area contributed by atoms with E-state index in [2.05, 4.69) is 20.6 Å². The molecule has 2 aromatic heterocycles. The SMILES string of the molecule is Cn1ccc2cc(Nc3nc(N[C@H](CC4CC4)C(N)=O)cnc3C(N)=O)ccc21. The number of carbonyl (C=O) groups is 2. The summed E-state index contributed by atoms with van der Waals surface area (Å²) in [6.45, 7) is 0. The predicted octanol–water partition coefficient (Wildman–Crippen LogP) is 1.88. The average Bonchev–Trinajstić information content (AvgIpc) is 3.42. The molecule has 0 unspecified atom stereocenters. The third kappa shape index (κ3) is 4.13. The van der Waals surface area contributed by atoms with Crippen LogP contribution in [0.4, 0.5) is 17.3 Å². The van der Waals surface area contributed by atoms with Crippen molar-refractivity contribution in [2.45, 2.75) is 25.3 Å². The van der Waals surface area contributed by atoms with Gasteiger partial charge in [-0.25, -0.2) is 9.97 Å². The molecule has 6 N–H and O–H groups in total. The van der Waals surface area contributed by atoms with Gasteiger partial charge in [-0.3, -0.25) is 9.59 Å². The number of anilines is 3. The third-order valence-corrected chi connectivity index (χ3v) is 5.09. The van der Waals surface area contributed by atoms with Crippen LogP contribution >= 0.6 is 0 Å². The van der Waals surface area contributed by atoms with Crippen LogP contribution in [0, 0.1) is 5.92 Å². The first-order chi connectivity index (χ1) is 13.9. The summed E-state index contributed by atoms with van der Waals surface area (Å²) in [7, 11) is 1.97. The molecule has 1 atom stereocenters. The van der Waals surface area contributed by atoms with Crippen LogP contribution in [0.3, 0.4) is 0 Å². The van der Waals surface area contributed by atoms with Crippen molar-refractivity contribution in [1.82, 2.24) is 14.5 Å². The summed E-state index contributed by atoms with van der Waals surface area (Å²) in [5, 5.41) is 7.18. The van der Waals surface area contributed by atoms with Crippen molar-refractivity contribution in [1.29, 1.82) is 0 Å². The number of nitrogens with one attached hydrogen (secondary N) is 2. The number of benzene rings is 1. The van der Waals surface area contributed by atoms with Crippen LogP contribution in [0.1, 0.15) is 29.8 Å². The van der Waals surface area contributed by atoms with Gasteiger partial charge in [0.05, 0.1) is 6.20 Å². The number of hydrogen-bond acceptors (Lipinski definition) is 6. The molecule has 0 spiro atoms. The predicted molar refractivity (Wildman–Crippen MR) is 111 cm³/mol. The maximum Gasteiger partial charge on any atom is 0.271 e. The van der Waals surface area contributed by atoms with E-state index < -0.39 is 17.9 Å². The van der Waals surface area contributed by atoms with Gasteiger partial charge in [-0.05, 0) is 36.6 Å². The van der Waals surface area contributed by atoms with Gasteiger partial charge in [0.15, 0.2) is 11.5 Å². The van der Waals surface area contributed by atoms with Gasteiger partial charge < -0.3 is 26.7 Å². The first-order valence-corrected chi connectivity index (χ1v) is 9.45. The van der Waals surface area contributed by atoms with Gasteiger partial charge in [0, 0.05) is 29.8 Å². The Morgan fingerprint density at radius 2 is 2.07 bits per heavy atom. The van der Waals surface area contributed by atoms with Crippen molar-refractivity contribution in [3.63, 3.8) is 0 Å². The summed E-state index contributed by atoms with van der Waals surface area (Å²) >= 11 is 0. The van der Waals surface area contributed by atoms with E-state index in [1.165, 1.54) is 6.20 Å². The highest BCUT2D eigenvalue weighted by Crippen LogP contribution is 2.34. The second-order valence-electron chi connectivity index (χ2n) is 7.42. The zero-order chi connectivity index (χ0) is 20.5. The molecule has 0 bridgehead atoms. The fourth-order valence-corrected chi connectivity index (χ4v) is 3.33. The second kappa shape index (κ2) is 7.42. The summed E-state index contributed by atoms with van der Waals surface area (Å²) in [5.41, 5.74) is 12.8. The van der Waals surface area contributed by atoms with Crippen LogP contribution in [0.5, 0.6) is 0 Å². The highest BCUT2D eigenvalue weighted by molar-refractivity contribution is 5.97. The van der Waals surface area contributed by atoms with Gasteiger partial charge in [-0.15, -0.1) is 0 Å². The number of hydrogen-bond donors (Lipinski definition) is 4. The van der Waals surface area contributed by atoms with E-state index in [0.29, 0.717) is 18.2 Å². The summed E-state index contributed by atoms with van der Waals surface area (Å²) in [5.74, 6) is -0.0679. The molecule has 0 radical (unpaired) electrons. The quantitative estimate of drug-likeness (QED) is 0.460. The number of nitrogens with two attached hydrogens (primary N) is 2. The minimum atomic E-state index is -0.697. The van der Waals surface area contributed by atoms with Crippen molar-refractivity contribution in [3.05, 3.63) is 42.4 Å². The average molecular weight is 393 g/mol. The Morgan fingerprint density at radius 1 is 1.28 bits per heavy atom. The van der Waals surface area contributed by atoms with E-state index >= 15 is 0 Å². The number of primary amides is 2. The molecule has 0 aliphatic heterocycles. The zero-order valence-electron chi connectivity index (χ0n) is 16.1. The monoisotopic (exact) mass is 393 g/mol. The van der Waals surface area contributed by atoms with E-state index in [1.54, 1.807) is 0 Å². The lowest BCUT2D eigenvalue weighted by Crippen LogP contribution is -2.36. The number of aryl methyl sites for hydroxylation is 1. The smallest absolute Gasteiger partial charge is 0.271 e. The fourth-order valence-electron chi connectivity index (χ4n) is 3.33. The van der Waals surface area contributed by atoms with Gasteiger partial charge in [-0.2, -0.15) is 0 Å². The molecule has 2 heterocycles. The minimum Gasteiger partial charge on any atom is -0.368 e. The number of fused-ring (bicyclic) bond motifs is 1. The first kappa shape index (κ1) is 18.7. The van der Waals surface area contributed by atoms with Crippen LogP contribution in [-0.4, -0.2) is 32.4 Å². The van der Waals surface area contributed by atoms with Crippen LogP contribution in [-0.2, 0) is 11.8 Å². The lowest BCUT2D eigenvalue weighted by molar-refractivity contribution is -0.118. The molecule has 150 valence electrons. The van der Waals surface area contributed by atoms with Crippen LogP contribution in [0.15, 0.2) is 36.7 Å². The highest BCUT2D eigenvalue weighted by atomic mass is 16.1. The van der Waals surface area contributed by atoms with Crippen LogP contribution in [0.25, 0.3) is 10.9 Å². The molecule has 4 rings (SSSR count). The maximum atomic E-state index is 11.8. The molecule has 9 nitrogen and oxygen atoms in total. The fraction of sp³-hybridized carbons (Fsp3) is 0.300. The third-order valence-electron chi connectivity index (χ3n) is 5.09. The van der Waals surface area contributed by atoms with Crippen molar-refractivity contribution in [2.75, 3.05) is 10.6 Å². The number of aromatic nitrogens is 3. The minimum absolute atomic E-state index is 0.0153. The standard InChI is InChI=1S/C20H23N7O2/c1-27-7-6-12-9-13(4-5-15(12)27)24-20-17(19(22)29)23-10-16(26-20)25-14(18(21)28)8-11-2-3-11/h4-7,9-11,14H,2-3,8H2,1H3,(H2,21,28)(H2,22,29)(H2,24,25,26)/t14-/m1/s1. The van der Waals surface area contributed by atoms with Crippen molar-refractivity contribution in [2.24, 2.45) is 24.4 Å². The van der Waals surface area contributed by atoms with Gasteiger partial charge in [0.1, 0.15) is 11.9 Å². The molecule has 1 saturated carbocycles. The molecular weight excluding hydrogens is 370 g/mol. The molecule has 9 heteroatoms. The first-order valence-electron chi connectivity index (χ1n) is 9.45. The second-order valence-corrected chi connectivity index (χ2v) is 7.42. The molecule has 1 aliphatic carbocycles. The number of rotatable bonds is 8. The topological polar surface area (TPSA) is 141 Å². The van der Waals surface area contributed by atoms with E-state index in [1.807, 2.05) is 42.1 Å². The molecule has 1 aliphatic rings. The van der Waals surface area contributed by atoms with Crippen LogP contribution < -0.4 is 22.1 Å². The summed E-state index contributed by atoms with van der Waals surface area (Å²) < 4.78 is 2.02. The lowest BCUT2D eigenvalue weighted by atomic mass is 10.1. The number of amides is 2.